The number of benzene rings is 2. The van der Waals surface area contributed by atoms with Crippen LogP contribution in [-0.2, 0) is 4.79 Å². The maximum atomic E-state index is 12.0. The van der Waals surface area contributed by atoms with Gasteiger partial charge >= 0.3 is 0 Å². The van der Waals surface area contributed by atoms with Crippen LogP contribution in [0, 0.1) is 0 Å². The van der Waals surface area contributed by atoms with Gasteiger partial charge in [0.15, 0.2) is 11.7 Å². The first-order chi connectivity index (χ1) is 12.0. The van der Waals surface area contributed by atoms with E-state index in [9.17, 15) is 9.59 Å². The van der Waals surface area contributed by atoms with Crippen LogP contribution in [-0.4, -0.2) is 23.5 Å². The fraction of sp³-hybridized carbons (Fsp3) is 0.0625. The Hall–Kier alpha value is -2.35. The minimum absolute atomic E-state index is 0.0870. The lowest BCUT2D eigenvalue weighted by molar-refractivity contribution is -0.123. The van der Waals surface area contributed by atoms with Crippen LogP contribution in [0.15, 0.2) is 48.5 Å². The highest BCUT2D eigenvalue weighted by Crippen LogP contribution is 2.22. The number of thiocarbonyl (C=S) groups is 1. The molecule has 0 radical (unpaired) electrons. The van der Waals surface area contributed by atoms with Crippen molar-refractivity contribution in [1.82, 2.24) is 16.2 Å². The van der Waals surface area contributed by atoms with Crippen LogP contribution in [0.5, 0.6) is 5.75 Å². The second-order valence-corrected chi connectivity index (χ2v) is 5.88. The zero-order valence-electron chi connectivity index (χ0n) is 12.7. The predicted molar refractivity (Wildman–Crippen MR) is 99.7 cm³/mol. The summed E-state index contributed by atoms with van der Waals surface area (Å²) < 4.78 is 5.26. The Kier molecular flexibility index (Phi) is 7.00. The normalized spacial score (nSPS) is 9.84. The van der Waals surface area contributed by atoms with E-state index in [-0.39, 0.29) is 17.3 Å². The van der Waals surface area contributed by atoms with Crippen molar-refractivity contribution < 1.29 is 14.3 Å². The number of nitrogens with one attached hydrogen (secondary N) is 3. The molecule has 6 nitrogen and oxygen atoms in total. The van der Waals surface area contributed by atoms with Crippen LogP contribution >= 0.6 is 35.4 Å². The van der Waals surface area contributed by atoms with Gasteiger partial charge in [-0.3, -0.25) is 25.8 Å². The standard InChI is InChI=1S/C16H13Cl2N3O3S/c17-11-6-2-1-5-10(11)15(23)19-16(25)21-20-14(22)9-24-13-8-4-3-7-12(13)18/h1-8H,9H2,(H,20,22)(H2,19,21,23,25). The first kappa shape index (κ1) is 19.0. The molecule has 9 heteroatoms. The number of hydrogen-bond donors (Lipinski definition) is 3. The van der Waals surface area contributed by atoms with Gasteiger partial charge in [-0.25, -0.2) is 0 Å². The van der Waals surface area contributed by atoms with Crippen LogP contribution in [0.4, 0.5) is 0 Å². The summed E-state index contributed by atoms with van der Waals surface area (Å²) >= 11 is 16.8. The number of carbonyl (C=O) groups excluding carboxylic acids is 2. The molecule has 2 aromatic rings. The second-order valence-electron chi connectivity index (χ2n) is 4.66. The quantitative estimate of drug-likeness (QED) is 0.545. The number of amides is 2. The van der Waals surface area contributed by atoms with Gasteiger partial charge in [0.2, 0.25) is 0 Å². The number of ether oxygens (including phenoxy) is 1. The summed E-state index contributed by atoms with van der Waals surface area (Å²) in [6, 6.07) is 13.3. The number of hydrazine groups is 1. The molecule has 0 spiro atoms. The second kappa shape index (κ2) is 9.22. The van der Waals surface area contributed by atoms with Crippen LogP contribution in [0.3, 0.4) is 0 Å². The fourth-order valence-electron chi connectivity index (χ4n) is 1.71. The van der Waals surface area contributed by atoms with Crippen molar-refractivity contribution in [3.8, 4) is 5.75 Å². The predicted octanol–water partition coefficient (Wildman–Crippen LogP) is 2.71. The van der Waals surface area contributed by atoms with E-state index in [1.165, 1.54) is 0 Å². The van der Waals surface area contributed by atoms with E-state index >= 15 is 0 Å². The lowest BCUT2D eigenvalue weighted by atomic mass is 10.2. The molecule has 0 saturated carbocycles. The van der Waals surface area contributed by atoms with E-state index in [2.05, 4.69) is 16.2 Å². The van der Waals surface area contributed by atoms with Gasteiger partial charge in [0.1, 0.15) is 5.75 Å². The maximum absolute atomic E-state index is 12.0. The molecule has 0 atom stereocenters. The average Bonchev–Trinajstić information content (AvgIpc) is 2.59. The van der Waals surface area contributed by atoms with E-state index < -0.39 is 11.8 Å². The van der Waals surface area contributed by atoms with Crippen molar-refractivity contribution in [2.24, 2.45) is 0 Å². The molecule has 0 fully saturated rings. The van der Waals surface area contributed by atoms with Crippen LogP contribution in [0.2, 0.25) is 10.0 Å². The lowest BCUT2D eigenvalue weighted by Crippen LogP contribution is -2.49. The van der Waals surface area contributed by atoms with Gasteiger partial charge < -0.3 is 4.74 Å². The van der Waals surface area contributed by atoms with Gasteiger partial charge in [-0.2, -0.15) is 0 Å². The molecule has 2 aromatic carbocycles. The zero-order chi connectivity index (χ0) is 18.2. The van der Waals surface area contributed by atoms with Crippen molar-refractivity contribution in [2.75, 3.05) is 6.61 Å². The zero-order valence-corrected chi connectivity index (χ0v) is 15.0. The van der Waals surface area contributed by atoms with Crippen molar-refractivity contribution in [2.45, 2.75) is 0 Å². The highest BCUT2D eigenvalue weighted by Gasteiger charge is 2.11. The minimum Gasteiger partial charge on any atom is -0.482 e. The summed E-state index contributed by atoms with van der Waals surface area (Å²) in [5.41, 5.74) is 4.96. The Morgan fingerprint density at radius 1 is 0.960 bits per heavy atom. The molecule has 25 heavy (non-hydrogen) atoms. The Balaban J connectivity index is 1.76. The highest BCUT2D eigenvalue weighted by molar-refractivity contribution is 7.80. The summed E-state index contributed by atoms with van der Waals surface area (Å²) in [6.45, 7) is -0.280. The molecule has 3 N–H and O–H groups in total. The Labute approximate surface area is 159 Å². The molecule has 0 bridgehead atoms. The van der Waals surface area contributed by atoms with Gasteiger partial charge in [0.05, 0.1) is 15.6 Å². The smallest absolute Gasteiger partial charge is 0.276 e. The molecule has 0 unspecified atom stereocenters. The van der Waals surface area contributed by atoms with Gasteiger partial charge in [0, 0.05) is 0 Å². The van der Waals surface area contributed by atoms with E-state index in [4.69, 9.17) is 40.2 Å². The summed E-state index contributed by atoms with van der Waals surface area (Å²) in [7, 11) is 0. The van der Waals surface area contributed by atoms with Crippen molar-refractivity contribution in [3.05, 3.63) is 64.1 Å². The SMILES string of the molecule is O=C(COc1ccccc1Cl)NNC(=S)NC(=O)c1ccccc1Cl. The van der Waals surface area contributed by atoms with Crippen LogP contribution < -0.4 is 20.9 Å². The first-order valence-electron chi connectivity index (χ1n) is 6.99. The monoisotopic (exact) mass is 397 g/mol. The van der Waals surface area contributed by atoms with Crippen molar-refractivity contribution in [3.63, 3.8) is 0 Å². The molecule has 0 saturated heterocycles. The Bertz CT molecular complexity index is 802. The largest absolute Gasteiger partial charge is 0.482 e. The van der Waals surface area contributed by atoms with Gasteiger partial charge in [-0.05, 0) is 36.5 Å². The third-order valence-electron chi connectivity index (χ3n) is 2.86. The topological polar surface area (TPSA) is 79.5 Å². The molecule has 2 amide bonds. The number of para-hydroxylation sites is 1. The van der Waals surface area contributed by atoms with Gasteiger partial charge in [-0.1, -0.05) is 47.5 Å². The van der Waals surface area contributed by atoms with E-state index in [0.717, 1.165) is 0 Å². The van der Waals surface area contributed by atoms with Crippen molar-refractivity contribution in [1.29, 1.82) is 0 Å². The molecule has 130 valence electrons. The highest BCUT2D eigenvalue weighted by atomic mass is 35.5. The Morgan fingerprint density at radius 3 is 2.28 bits per heavy atom. The van der Waals surface area contributed by atoms with E-state index in [0.29, 0.717) is 15.8 Å². The lowest BCUT2D eigenvalue weighted by Gasteiger charge is -2.12. The number of halogens is 2. The average molecular weight is 398 g/mol. The molecule has 0 aliphatic rings. The number of rotatable bonds is 4. The molecule has 0 heterocycles. The third-order valence-corrected chi connectivity index (χ3v) is 3.70. The molecular formula is C16H13Cl2N3O3S. The Morgan fingerprint density at radius 2 is 1.60 bits per heavy atom. The molecule has 0 aromatic heterocycles. The van der Waals surface area contributed by atoms with Crippen molar-refractivity contribution >= 4 is 52.3 Å². The molecule has 2 rings (SSSR count). The summed E-state index contributed by atoms with van der Waals surface area (Å²) in [6.07, 6.45) is 0. The van der Waals surface area contributed by atoms with Crippen LogP contribution in [0.25, 0.3) is 0 Å². The summed E-state index contributed by atoms with van der Waals surface area (Å²) in [4.78, 5) is 23.7. The molecule has 0 aliphatic heterocycles. The maximum Gasteiger partial charge on any atom is 0.276 e. The summed E-state index contributed by atoms with van der Waals surface area (Å²) in [5.74, 6) is -0.618. The van der Waals surface area contributed by atoms with Gasteiger partial charge in [0.25, 0.3) is 11.8 Å². The van der Waals surface area contributed by atoms with E-state index in [1.807, 2.05) is 0 Å². The van der Waals surface area contributed by atoms with E-state index in [1.54, 1.807) is 48.5 Å². The molecular weight excluding hydrogens is 385 g/mol. The minimum atomic E-state index is -0.505. The number of hydrogen-bond acceptors (Lipinski definition) is 4. The molecule has 0 aliphatic carbocycles. The summed E-state index contributed by atoms with van der Waals surface area (Å²) in [5, 5.41) is 2.99. The number of carbonyl (C=O) groups is 2. The third kappa shape index (κ3) is 5.90. The fourth-order valence-corrected chi connectivity index (χ4v) is 2.27. The first-order valence-corrected chi connectivity index (χ1v) is 8.16. The van der Waals surface area contributed by atoms with Crippen LogP contribution in [0.1, 0.15) is 10.4 Å². The van der Waals surface area contributed by atoms with Gasteiger partial charge in [-0.15, -0.1) is 0 Å².